The van der Waals surface area contributed by atoms with Gasteiger partial charge in [0.1, 0.15) is 42.0 Å². The van der Waals surface area contributed by atoms with E-state index in [9.17, 15) is 54.0 Å². The number of H-pyrrole nitrogens is 1. The lowest BCUT2D eigenvalue weighted by atomic mass is 10.0. The van der Waals surface area contributed by atoms with Crippen molar-refractivity contribution in [1.29, 1.82) is 0 Å². The maximum atomic E-state index is 14.8. The number of phenolic OH excluding ortho intramolecular Hbond substituents is 1. The maximum Gasteiger partial charge on any atom is 0.245 e. The average Bonchev–Trinajstić information content (AvgIpc) is 3.77. The highest BCUT2D eigenvalue weighted by molar-refractivity contribution is 14.1. The molecule has 4 aromatic rings. The number of rotatable bonds is 17. The Hall–Kier alpha value is -5.48. The van der Waals surface area contributed by atoms with Gasteiger partial charge in [-0.25, -0.2) is 0 Å². The van der Waals surface area contributed by atoms with Crippen molar-refractivity contribution in [3.05, 3.63) is 99.3 Å². The summed E-state index contributed by atoms with van der Waals surface area (Å²) in [5.74, 6) is -6.31. The second-order valence-electron chi connectivity index (χ2n) is 17.8. The molecule has 0 aliphatic carbocycles. The number of halogens is 1. The van der Waals surface area contributed by atoms with E-state index in [4.69, 9.17) is 11.5 Å². The van der Waals surface area contributed by atoms with E-state index < -0.39 is 108 Å². The van der Waals surface area contributed by atoms with Crippen molar-refractivity contribution in [2.45, 2.75) is 113 Å². The number of carbonyl (C=O) groups is 7. The fourth-order valence-electron chi connectivity index (χ4n) is 7.79. The van der Waals surface area contributed by atoms with Gasteiger partial charge in [-0.05, 0) is 104 Å². The van der Waals surface area contributed by atoms with E-state index >= 15 is 0 Å². The van der Waals surface area contributed by atoms with Crippen molar-refractivity contribution in [1.82, 2.24) is 42.2 Å². The number of hydrogen-bond acceptors (Lipinski definition) is 15. The summed E-state index contributed by atoms with van der Waals surface area (Å²) in [5.41, 5.74) is 14.8. The third-order valence-electron chi connectivity index (χ3n) is 12.0. The molecular formula is C49H65IN10O11S2. The van der Waals surface area contributed by atoms with E-state index in [-0.39, 0.29) is 49.5 Å². The van der Waals surface area contributed by atoms with Crippen LogP contribution in [0.4, 0.5) is 0 Å². The molecule has 1 saturated heterocycles. The third kappa shape index (κ3) is 17.6. The summed E-state index contributed by atoms with van der Waals surface area (Å²) in [4.78, 5) is 103. The van der Waals surface area contributed by atoms with Crippen molar-refractivity contribution in [3.8, 4) is 5.75 Å². The summed E-state index contributed by atoms with van der Waals surface area (Å²) in [6.45, 7) is 2.18. The van der Waals surface area contributed by atoms with Crippen LogP contribution in [0.15, 0.2) is 79.0 Å². The molecule has 73 heavy (non-hydrogen) atoms. The number of para-hydroxylation sites is 1. The quantitative estimate of drug-likeness (QED) is 0.0360. The molecule has 21 nitrogen and oxygen atoms in total. The molecule has 5 rings (SSSR count). The number of aliphatic hydroxyl groups excluding tert-OH is 3. The number of hydrogen-bond donors (Lipinski definition) is 14. The predicted octanol–water partition coefficient (Wildman–Crippen LogP) is -0.495. The molecule has 7 amide bonds. The zero-order chi connectivity index (χ0) is 53.2. The molecule has 10 atom stereocenters. The van der Waals surface area contributed by atoms with E-state index in [1.54, 1.807) is 48.7 Å². The van der Waals surface area contributed by atoms with Crippen LogP contribution in [-0.2, 0) is 52.8 Å². The van der Waals surface area contributed by atoms with Gasteiger partial charge in [0.25, 0.3) is 0 Å². The Balaban J connectivity index is 1.59. The minimum atomic E-state index is -1.68. The highest BCUT2D eigenvalue weighted by Gasteiger charge is 2.36. The van der Waals surface area contributed by atoms with E-state index in [2.05, 4.69) is 42.2 Å². The van der Waals surface area contributed by atoms with Gasteiger partial charge in [-0.2, -0.15) is 0 Å². The smallest absolute Gasteiger partial charge is 0.245 e. The van der Waals surface area contributed by atoms with Gasteiger partial charge in [0.05, 0.1) is 34.5 Å². The minimum Gasteiger partial charge on any atom is -0.507 e. The van der Waals surface area contributed by atoms with Crippen LogP contribution >= 0.6 is 44.2 Å². The molecule has 1 aromatic heterocycles. The summed E-state index contributed by atoms with van der Waals surface area (Å²) in [5, 5.41) is 60.8. The lowest BCUT2D eigenvalue weighted by Crippen LogP contribution is -2.62. The molecular weight excluding hydrogens is 1100 g/mol. The van der Waals surface area contributed by atoms with Crippen LogP contribution in [0.1, 0.15) is 49.8 Å². The fraction of sp³-hybridized carbons (Fsp3) is 0.449. The highest BCUT2D eigenvalue weighted by atomic mass is 131. The van der Waals surface area contributed by atoms with Gasteiger partial charge in [0, 0.05) is 41.4 Å². The number of unbranched alkanes of at least 4 members (excludes halogenated alkanes) is 1. The van der Waals surface area contributed by atoms with Crippen LogP contribution in [0, 0.1) is 3.57 Å². The van der Waals surface area contributed by atoms with Crippen molar-refractivity contribution >= 4 is 96.4 Å². The number of amides is 7. The SMILES string of the molecule is C[C@@H](O)[C@@H]1NC(=O)[C@H](CCCCN)NC(=O)[C@@H](Cc2c[nH]c3ccccc23)NC(=O)[C@H](Cc2ccc(O)c([131I])c2)NC(=O)[C@@H](NC(=O)[C@H](N)Cc2ccccc2)CSSC[C@@H](C(=O)N[C@H](CO)[C@@H](C)O)NC1=O. The van der Waals surface area contributed by atoms with Gasteiger partial charge in [-0.3, -0.25) is 33.6 Å². The highest BCUT2D eigenvalue weighted by Crippen LogP contribution is 2.25. The lowest BCUT2D eigenvalue weighted by molar-refractivity contribution is -0.136. The monoisotopic (exact) mass is 1160 g/mol. The van der Waals surface area contributed by atoms with Gasteiger partial charge in [0.2, 0.25) is 41.4 Å². The lowest BCUT2D eigenvalue weighted by Gasteiger charge is -2.29. The molecule has 1 aliphatic heterocycles. The average molecular weight is 1170 g/mol. The standard InChI is InChI=1S/C49H65IN10O11S2/c1-26(62)38(23-61)57-48(70)40-25-73-72-24-39(58-43(65)33(52)19-28-10-4-3-5-11-28)47(69)55-36(20-29-15-16-41(64)32(50)18-29)45(67)56-37(21-30-22-53-34-13-7-6-12-31(30)34)46(68)54-35(14-8-9-17-51)44(66)60-42(27(2)63)49(71)59-40/h3-7,10-13,15-16,18,22,26-27,33,35-40,42,53,61-64H,8-9,14,17,19-21,23-25,51-52H2,1-2H3,(H,54,68)(H,55,69)(H,56,67)(H,57,70)(H,58,65)(H,59,71)(H,60,66)/t26-,27-,33-,35+,36+,37-,38-,39+,40+,42+/m1/s1/i50+4. The van der Waals surface area contributed by atoms with Gasteiger partial charge in [-0.15, -0.1) is 0 Å². The largest absolute Gasteiger partial charge is 0.507 e. The van der Waals surface area contributed by atoms with E-state index in [1.165, 1.54) is 19.9 Å². The summed E-state index contributed by atoms with van der Waals surface area (Å²) < 4.78 is 0.453. The van der Waals surface area contributed by atoms with E-state index in [1.807, 2.05) is 46.9 Å². The number of aromatic nitrogens is 1. The Morgan fingerprint density at radius 2 is 1.42 bits per heavy atom. The van der Waals surface area contributed by atoms with Crippen LogP contribution in [0.5, 0.6) is 5.75 Å². The Bertz CT molecular complexity index is 2520. The molecule has 0 saturated carbocycles. The van der Waals surface area contributed by atoms with Gasteiger partial charge in [-0.1, -0.05) is 76.2 Å². The molecule has 1 aliphatic rings. The number of aliphatic hydroxyl groups is 3. The fourth-order valence-corrected chi connectivity index (χ4v) is 10.7. The van der Waals surface area contributed by atoms with E-state index in [0.717, 1.165) is 38.1 Å². The summed E-state index contributed by atoms with van der Waals surface area (Å²) in [6, 6.07) is 9.96. The zero-order valence-corrected chi connectivity index (χ0v) is 44.1. The third-order valence-corrected chi connectivity index (χ3v) is 15.3. The Morgan fingerprint density at radius 1 is 0.781 bits per heavy atom. The minimum absolute atomic E-state index is 0.0117. The van der Waals surface area contributed by atoms with Crippen LogP contribution < -0.4 is 48.7 Å². The molecule has 2 heterocycles. The van der Waals surface area contributed by atoms with E-state index in [0.29, 0.717) is 27.5 Å². The van der Waals surface area contributed by atoms with Crippen LogP contribution in [0.25, 0.3) is 10.9 Å². The normalized spacial score (nSPS) is 22.5. The van der Waals surface area contributed by atoms with Crippen LogP contribution in [0.2, 0.25) is 0 Å². The number of phenols is 1. The second-order valence-corrected chi connectivity index (χ2v) is 21.5. The molecule has 0 unspecified atom stereocenters. The topological polar surface area (TPSA) is 352 Å². The summed E-state index contributed by atoms with van der Waals surface area (Å²) in [7, 11) is 2.01. The number of carbonyl (C=O) groups excluding carboxylic acids is 7. The number of fused-ring (bicyclic) bond motifs is 1. The Labute approximate surface area is 444 Å². The van der Waals surface area contributed by atoms with Crippen molar-refractivity contribution in [2.75, 3.05) is 24.7 Å². The molecule has 16 N–H and O–H groups in total. The van der Waals surface area contributed by atoms with Crippen molar-refractivity contribution in [3.63, 3.8) is 0 Å². The van der Waals surface area contributed by atoms with Gasteiger partial charge in [0.15, 0.2) is 0 Å². The molecule has 396 valence electrons. The van der Waals surface area contributed by atoms with Crippen molar-refractivity contribution < 1.29 is 54.0 Å². The summed E-state index contributed by atoms with van der Waals surface area (Å²) >= 11 is 1.92. The maximum absolute atomic E-state index is 14.8. The number of aromatic hydroxyl groups is 1. The molecule has 24 heteroatoms. The number of nitrogens with two attached hydrogens (primary N) is 2. The number of aromatic amines is 1. The first-order valence-electron chi connectivity index (χ1n) is 23.7. The Morgan fingerprint density at radius 3 is 2.10 bits per heavy atom. The molecule has 3 aromatic carbocycles. The Kier molecular flexibility index (Phi) is 23.1. The first-order valence-corrected chi connectivity index (χ1v) is 27.3. The predicted molar refractivity (Wildman–Crippen MR) is 286 cm³/mol. The zero-order valence-electron chi connectivity index (χ0n) is 40.3. The molecule has 0 bridgehead atoms. The van der Waals surface area contributed by atoms with Crippen LogP contribution in [0.3, 0.4) is 0 Å². The van der Waals surface area contributed by atoms with Gasteiger partial charge < -0.3 is 74.1 Å². The van der Waals surface area contributed by atoms with Crippen LogP contribution in [-0.4, -0.2) is 152 Å². The number of benzene rings is 3. The molecule has 0 spiro atoms. The number of nitrogens with one attached hydrogen (secondary N) is 8. The molecule has 1 fully saturated rings. The summed E-state index contributed by atoms with van der Waals surface area (Å²) in [6.07, 6.45) is -0.438. The second kappa shape index (κ2) is 28.8. The van der Waals surface area contributed by atoms with Gasteiger partial charge >= 0.3 is 0 Å². The molecule has 0 radical (unpaired) electrons. The first kappa shape index (κ1) is 58.4. The first-order chi connectivity index (χ1) is 34.9. The van der Waals surface area contributed by atoms with Crippen molar-refractivity contribution in [2.24, 2.45) is 11.5 Å².